The van der Waals surface area contributed by atoms with Crippen LogP contribution in [0.4, 0.5) is 0 Å². The van der Waals surface area contributed by atoms with E-state index in [1.807, 2.05) is 24.3 Å². The van der Waals surface area contributed by atoms with E-state index in [9.17, 15) is 4.79 Å². The van der Waals surface area contributed by atoms with Gasteiger partial charge in [0.1, 0.15) is 7.85 Å². The van der Waals surface area contributed by atoms with Gasteiger partial charge in [-0.25, -0.2) is 4.98 Å². The molecule has 80 valence electrons. The number of ketones is 1. The highest BCUT2D eigenvalue weighted by Crippen LogP contribution is 2.21. The molecule has 1 N–H and O–H groups in total. The Hall–Kier alpha value is -1.88. The first kappa shape index (κ1) is 10.3. The highest BCUT2D eigenvalue weighted by atomic mass is 32.1. The van der Waals surface area contributed by atoms with Crippen LogP contribution in [0.25, 0.3) is 10.9 Å². The zero-order valence-electron chi connectivity index (χ0n) is 8.81. The van der Waals surface area contributed by atoms with Gasteiger partial charge in [0.15, 0.2) is 5.01 Å². The number of aromatic amines is 1. The number of rotatable bonds is 2. The van der Waals surface area contributed by atoms with Crippen molar-refractivity contribution in [2.75, 3.05) is 0 Å². The smallest absolute Gasteiger partial charge is 0.223 e. The fraction of sp³-hybridized carbons (Fsp3) is 0. The van der Waals surface area contributed by atoms with Crippen molar-refractivity contribution in [1.82, 2.24) is 9.97 Å². The lowest BCUT2D eigenvalue weighted by molar-refractivity contribution is 0.104. The zero-order valence-corrected chi connectivity index (χ0v) is 9.62. The molecule has 0 aliphatic heterocycles. The highest BCUT2D eigenvalue weighted by molar-refractivity contribution is 7.12. The van der Waals surface area contributed by atoms with Crippen molar-refractivity contribution in [1.29, 1.82) is 0 Å². The molecule has 0 aliphatic carbocycles. The second kappa shape index (κ2) is 3.85. The molecule has 1 aromatic carbocycles. The number of fused-ring (bicyclic) bond motifs is 1. The summed E-state index contributed by atoms with van der Waals surface area (Å²) in [4.78, 5) is 19.3. The Morgan fingerprint density at radius 1 is 1.35 bits per heavy atom. The lowest BCUT2D eigenvalue weighted by Gasteiger charge is -1.94. The molecular weight excluding hydrogens is 231 g/mol. The maximum Gasteiger partial charge on any atom is 0.223 e. The molecule has 2 heterocycles. The van der Waals surface area contributed by atoms with Gasteiger partial charge in [-0.3, -0.25) is 4.79 Å². The molecule has 0 spiro atoms. The number of nitrogens with zero attached hydrogens (tertiary/aromatic N) is 1. The molecule has 0 saturated carbocycles. The zero-order chi connectivity index (χ0) is 11.8. The van der Waals surface area contributed by atoms with Gasteiger partial charge in [-0.2, -0.15) is 0 Å². The SMILES string of the molecule is [B]c1csc(C(=O)c2c[nH]c3ccccc23)n1. The maximum absolute atomic E-state index is 12.2. The van der Waals surface area contributed by atoms with E-state index in [2.05, 4.69) is 9.97 Å². The number of carbonyl (C=O) groups is 1. The van der Waals surface area contributed by atoms with Crippen LogP contribution in [0.1, 0.15) is 15.4 Å². The summed E-state index contributed by atoms with van der Waals surface area (Å²) >= 11 is 1.26. The summed E-state index contributed by atoms with van der Waals surface area (Å²) in [5.41, 5.74) is 1.97. The number of thiazole rings is 1. The van der Waals surface area contributed by atoms with Gasteiger partial charge in [0.2, 0.25) is 5.78 Å². The van der Waals surface area contributed by atoms with Crippen LogP contribution in [0.2, 0.25) is 0 Å². The molecule has 0 atom stereocenters. The van der Waals surface area contributed by atoms with E-state index < -0.39 is 0 Å². The Labute approximate surface area is 103 Å². The average Bonchev–Trinajstić information content (AvgIpc) is 2.94. The maximum atomic E-state index is 12.2. The number of hydrogen-bond acceptors (Lipinski definition) is 3. The molecule has 0 saturated heterocycles. The van der Waals surface area contributed by atoms with Gasteiger partial charge in [0.05, 0.1) is 5.56 Å². The summed E-state index contributed by atoms with van der Waals surface area (Å²) in [7, 11) is 5.52. The minimum Gasteiger partial charge on any atom is -0.360 e. The van der Waals surface area contributed by atoms with Crippen LogP contribution in [0.3, 0.4) is 0 Å². The van der Waals surface area contributed by atoms with E-state index in [0.29, 0.717) is 16.2 Å². The first-order chi connectivity index (χ1) is 8.25. The second-order valence-electron chi connectivity index (χ2n) is 3.65. The highest BCUT2D eigenvalue weighted by Gasteiger charge is 2.16. The van der Waals surface area contributed by atoms with Crippen molar-refractivity contribution < 1.29 is 4.79 Å². The molecule has 0 unspecified atom stereocenters. The minimum atomic E-state index is -0.0934. The topological polar surface area (TPSA) is 45.8 Å². The standard InChI is InChI=1S/C12H7BN2OS/c13-10-6-17-12(15-10)11(16)8-5-14-9-4-2-1-3-7(8)9/h1-6,14H. The van der Waals surface area contributed by atoms with Gasteiger partial charge in [-0.05, 0) is 11.7 Å². The molecule has 2 aromatic heterocycles. The largest absolute Gasteiger partial charge is 0.360 e. The number of carbonyl (C=O) groups excluding carboxylic acids is 1. The average molecular weight is 238 g/mol. The van der Waals surface area contributed by atoms with Gasteiger partial charge in [0, 0.05) is 22.5 Å². The number of nitrogens with one attached hydrogen (secondary N) is 1. The number of para-hydroxylation sites is 1. The molecule has 0 amide bonds. The van der Waals surface area contributed by atoms with Crippen molar-refractivity contribution >= 4 is 41.5 Å². The summed E-state index contributed by atoms with van der Waals surface area (Å²) in [6.07, 6.45) is 1.71. The summed E-state index contributed by atoms with van der Waals surface area (Å²) in [6.45, 7) is 0. The third-order valence-corrected chi connectivity index (χ3v) is 3.41. The van der Waals surface area contributed by atoms with Gasteiger partial charge in [-0.15, -0.1) is 11.3 Å². The number of aromatic nitrogens is 2. The summed E-state index contributed by atoms with van der Waals surface area (Å²) in [5, 5.41) is 3.00. The number of H-pyrrole nitrogens is 1. The van der Waals surface area contributed by atoms with E-state index >= 15 is 0 Å². The summed E-state index contributed by atoms with van der Waals surface area (Å²) < 4.78 is 0. The third-order valence-electron chi connectivity index (χ3n) is 2.55. The van der Waals surface area contributed by atoms with Crippen molar-refractivity contribution in [3.05, 3.63) is 46.4 Å². The van der Waals surface area contributed by atoms with Crippen LogP contribution >= 0.6 is 11.3 Å². The number of hydrogen-bond donors (Lipinski definition) is 1. The fourth-order valence-corrected chi connectivity index (χ4v) is 2.43. The van der Waals surface area contributed by atoms with E-state index in [1.165, 1.54) is 11.3 Å². The normalized spacial score (nSPS) is 10.8. The molecule has 3 rings (SSSR count). The van der Waals surface area contributed by atoms with Crippen molar-refractivity contribution in [2.45, 2.75) is 0 Å². The Morgan fingerprint density at radius 3 is 2.94 bits per heavy atom. The third kappa shape index (κ3) is 1.68. The van der Waals surface area contributed by atoms with E-state index in [0.717, 1.165) is 10.9 Å². The summed E-state index contributed by atoms with van der Waals surface area (Å²) in [5.74, 6) is -0.0934. The predicted octanol–water partition coefficient (Wildman–Crippen LogP) is 1.65. The molecule has 3 nitrogen and oxygen atoms in total. The molecular formula is C12H7BN2OS. The first-order valence-corrected chi connectivity index (χ1v) is 5.95. The molecule has 17 heavy (non-hydrogen) atoms. The Balaban J connectivity index is 2.13. The van der Waals surface area contributed by atoms with E-state index in [4.69, 9.17) is 7.85 Å². The molecule has 3 aromatic rings. The van der Waals surface area contributed by atoms with Crippen molar-refractivity contribution in [3.63, 3.8) is 0 Å². The lowest BCUT2D eigenvalue weighted by Crippen LogP contribution is -2.06. The quantitative estimate of drug-likeness (QED) is 0.545. The van der Waals surface area contributed by atoms with Crippen LogP contribution in [0.15, 0.2) is 35.8 Å². The molecule has 0 aliphatic rings. The van der Waals surface area contributed by atoms with Gasteiger partial charge >= 0.3 is 0 Å². The fourth-order valence-electron chi connectivity index (χ4n) is 1.77. The van der Waals surface area contributed by atoms with Crippen LogP contribution in [-0.2, 0) is 0 Å². The second-order valence-corrected chi connectivity index (χ2v) is 4.51. The number of benzene rings is 1. The minimum absolute atomic E-state index is 0.0934. The molecule has 2 radical (unpaired) electrons. The first-order valence-electron chi connectivity index (χ1n) is 5.07. The van der Waals surface area contributed by atoms with Crippen molar-refractivity contribution in [2.24, 2.45) is 0 Å². The van der Waals surface area contributed by atoms with Crippen LogP contribution in [0, 0.1) is 0 Å². The van der Waals surface area contributed by atoms with Crippen LogP contribution in [0.5, 0.6) is 0 Å². The van der Waals surface area contributed by atoms with Gasteiger partial charge in [0.25, 0.3) is 0 Å². The molecule has 0 bridgehead atoms. The lowest BCUT2D eigenvalue weighted by atomic mass is 10.1. The van der Waals surface area contributed by atoms with E-state index in [-0.39, 0.29) is 5.78 Å². The summed E-state index contributed by atoms with van der Waals surface area (Å²) in [6, 6.07) is 7.68. The Kier molecular flexibility index (Phi) is 2.33. The van der Waals surface area contributed by atoms with Crippen molar-refractivity contribution in [3.8, 4) is 0 Å². The van der Waals surface area contributed by atoms with Crippen LogP contribution in [-0.4, -0.2) is 23.6 Å². The van der Waals surface area contributed by atoms with E-state index in [1.54, 1.807) is 11.6 Å². The predicted molar refractivity (Wildman–Crippen MR) is 69.2 cm³/mol. The monoisotopic (exact) mass is 238 g/mol. The Bertz CT molecular complexity index is 701. The van der Waals surface area contributed by atoms with Gasteiger partial charge < -0.3 is 4.98 Å². The van der Waals surface area contributed by atoms with Gasteiger partial charge in [-0.1, -0.05) is 18.2 Å². The molecule has 0 fully saturated rings. The molecule has 5 heteroatoms. The Morgan fingerprint density at radius 2 is 2.18 bits per heavy atom. The van der Waals surface area contributed by atoms with Crippen LogP contribution < -0.4 is 5.59 Å².